The number of nitrogens with one attached hydrogen (secondary N) is 2. The number of carbonyl (C=O) groups is 1. The molecule has 138 valence electrons. The van der Waals surface area contributed by atoms with Crippen LogP contribution in [0.4, 0.5) is 4.79 Å². The van der Waals surface area contributed by atoms with Gasteiger partial charge in [-0.05, 0) is 33.7 Å². The zero-order valence-corrected chi connectivity index (χ0v) is 16.0. The maximum Gasteiger partial charge on any atom is 0.342 e. The lowest BCUT2D eigenvalue weighted by Gasteiger charge is -2.05. The minimum absolute atomic E-state index is 0.349. The summed E-state index contributed by atoms with van der Waals surface area (Å²) in [6.45, 7) is 0. The number of urea groups is 1. The van der Waals surface area contributed by atoms with Crippen molar-refractivity contribution in [3.8, 4) is 0 Å². The molecule has 1 heterocycles. The van der Waals surface area contributed by atoms with E-state index in [1.54, 1.807) is 7.05 Å². The van der Waals surface area contributed by atoms with Gasteiger partial charge < -0.3 is 13.7 Å². The molecule has 5 nitrogen and oxygen atoms in total. The van der Waals surface area contributed by atoms with E-state index in [-0.39, 0.29) is 6.03 Å². The molecule has 28 heavy (non-hydrogen) atoms. The Bertz CT molecular complexity index is 1310. The molecule has 6 heteroatoms. The van der Waals surface area contributed by atoms with E-state index in [9.17, 15) is 4.79 Å². The zero-order valence-electron chi connectivity index (χ0n) is 15.1. The number of carbonyl (C=O) groups excluding carboxylic acids is 1. The Morgan fingerprint density at radius 3 is 1.75 bits per heavy atom. The quantitative estimate of drug-likeness (QED) is 0.345. The van der Waals surface area contributed by atoms with Crippen molar-refractivity contribution in [3.63, 3.8) is 0 Å². The average molecular weight is 388 g/mol. The summed E-state index contributed by atoms with van der Waals surface area (Å²) in [7, 11) is -0.129. The lowest BCUT2D eigenvalue weighted by atomic mass is 9.99. The maximum atomic E-state index is 11.9. The van der Waals surface area contributed by atoms with Crippen LogP contribution >= 0.6 is 8.16 Å². The first-order chi connectivity index (χ1) is 13.7. The van der Waals surface area contributed by atoms with E-state index in [1.165, 1.54) is 0 Å². The van der Waals surface area contributed by atoms with Crippen LogP contribution in [0.5, 0.6) is 0 Å². The first kappa shape index (κ1) is 16.7. The van der Waals surface area contributed by atoms with Crippen LogP contribution in [0.1, 0.15) is 0 Å². The van der Waals surface area contributed by atoms with E-state index in [2.05, 4.69) is 34.7 Å². The van der Waals surface area contributed by atoms with E-state index in [4.69, 9.17) is 8.39 Å². The Balaban J connectivity index is 2.05. The number of hydrogen-bond acceptors (Lipinski definition) is 3. The van der Waals surface area contributed by atoms with Gasteiger partial charge in [0.2, 0.25) is 0 Å². The maximum absolute atomic E-state index is 11.9. The smallest absolute Gasteiger partial charge is 0.342 e. The highest BCUT2D eigenvalue weighted by Crippen LogP contribution is 2.39. The summed E-state index contributed by atoms with van der Waals surface area (Å²) >= 11 is 0. The molecule has 0 bridgehead atoms. The van der Waals surface area contributed by atoms with Gasteiger partial charge in [0.15, 0.2) is 0 Å². The third-order valence-electron chi connectivity index (χ3n) is 4.81. The predicted octanol–water partition coefficient (Wildman–Crippen LogP) is 6.48. The van der Waals surface area contributed by atoms with Crippen molar-refractivity contribution in [2.75, 3.05) is 12.1 Å². The number of fused-ring (bicyclic) bond motifs is 7. The van der Waals surface area contributed by atoms with Crippen molar-refractivity contribution in [3.05, 3.63) is 72.8 Å². The monoisotopic (exact) mass is 388 g/mol. The van der Waals surface area contributed by atoms with Gasteiger partial charge in [-0.2, -0.15) is 0 Å². The molecule has 2 N–H and O–H groups in total. The number of amides is 2. The van der Waals surface area contributed by atoms with Gasteiger partial charge in [0.1, 0.15) is 11.2 Å². The SMILES string of the molecule is CNC(=O)Np1oc2ccc3ccccc3c2c2c(ccc3ccccc32)o1. The fourth-order valence-electron chi connectivity index (χ4n) is 3.55. The summed E-state index contributed by atoms with van der Waals surface area (Å²) in [4.78, 5) is 11.9. The molecule has 0 saturated heterocycles. The van der Waals surface area contributed by atoms with Crippen LogP contribution < -0.4 is 10.4 Å². The highest BCUT2D eigenvalue weighted by Gasteiger charge is 2.13. The first-order valence-electron chi connectivity index (χ1n) is 8.93. The van der Waals surface area contributed by atoms with Crippen molar-refractivity contribution < 1.29 is 13.2 Å². The van der Waals surface area contributed by atoms with E-state index < -0.39 is 8.16 Å². The molecule has 0 aliphatic carbocycles. The molecule has 0 aliphatic heterocycles. The van der Waals surface area contributed by atoms with Gasteiger partial charge in [0.25, 0.3) is 0 Å². The fraction of sp³-hybridized carbons (Fsp3) is 0.0455. The molecule has 0 atom stereocenters. The van der Waals surface area contributed by atoms with Gasteiger partial charge in [0, 0.05) is 17.8 Å². The average Bonchev–Trinajstić information content (AvgIpc) is 2.90. The second kappa shape index (κ2) is 6.63. The van der Waals surface area contributed by atoms with E-state index in [0.717, 1.165) is 32.3 Å². The van der Waals surface area contributed by atoms with Crippen molar-refractivity contribution in [1.82, 2.24) is 5.32 Å². The van der Waals surface area contributed by atoms with Gasteiger partial charge in [0.05, 0.1) is 0 Å². The Kier molecular flexibility index (Phi) is 3.96. The van der Waals surface area contributed by atoms with Crippen LogP contribution in [-0.4, -0.2) is 13.1 Å². The summed E-state index contributed by atoms with van der Waals surface area (Å²) in [5.41, 5.74) is 1.38. The molecule has 0 radical (unpaired) electrons. The number of hydrogen-bond donors (Lipinski definition) is 2. The number of rotatable bonds is 1. The zero-order chi connectivity index (χ0) is 19.1. The first-order valence-corrected chi connectivity index (χ1v) is 10.1. The second-order valence-corrected chi connectivity index (χ2v) is 7.55. The van der Waals surface area contributed by atoms with E-state index >= 15 is 0 Å². The summed E-state index contributed by atoms with van der Waals surface area (Å²) in [6.07, 6.45) is 0. The summed E-state index contributed by atoms with van der Waals surface area (Å²) in [5.74, 6) is 0. The Hall–Kier alpha value is -3.43. The molecule has 5 rings (SSSR count). The van der Waals surface area contributed by atoms with Crippen LogP contribution in [0, 0.1) is 0 Å². The topological polar surface area (TPSA) is 67.4 Å². The van der Waals surface area contributed by atoms with Crippen molar-refractivity contribution >= 4 is 57.7 Å². The van der Waals surface area contributed by atoms with Gasteiger partial charge in [-0.15, -0.1) is 0 Å². The van der Waals surface area contributed by atoms with Gasteiger partial charge in [-0.3, -0.25) is 0 Å². The standard InChI is InChI=1S/C22H17N2O3P/c1-23-22(25)24-28-26-18-12-10-14-6-2-4-8-16(14)20(18)21-17-9-5-3-7-15(17)11-13-19(21)27-28/h2-13H,1H3,(H2,23,24,25). The minimum Gasteiger partial charge on any atom is -0.404 e. The Morgan fingerprint density at radius 2 is 1.25 bits per heavy atom. The highest BCUT2D eigenvalue weighted by molar-refractivity contribution is 7.40. The van der Waals surface area contributed by atoms with E-state index in [0.29, 0.717) is 11.2 Å². The molecule has 0 unspecified atom stereocenters. The molecule has 2 amide bonds. The lowest BCUT2D eigenvalue weighted by Crippen LogP contribution is -2.22. The van der Waals surface area contributed by atoms with Gasteiger partial charge in [-0.25, -0.2) is 9.88 Å². The van der Waals surface area contributed by atoms with Gasteiger partial charge in [-0.1, -0.05) is 60.7 Å². The summed E-state index contributed by atoms with van der Waals surface area (Å²) in [6, 6.07) is 24.0. The highest BCUT2D eigenvalue weighted by atomic mass is 31.1. The van der Waals surface area contributed by atoms with Crippen molar-refractivity contribution in [1.29, 1.82) is 0 Å². The van der Waals surface area contributed by atoms with E-state index in [1.807, 2.05) is 48.5 Å². The summed E-state index contributed by atoms with van der Waals surface area (Å²) < 4.78 is 12.3. The molecule has 1 aromatic heterocycles. The van der Waals surface area contributed by atoms with Gasteiger partial charge >= 0.3 is 14.2 Å². The minimum atomic E-state index is -1.69. The largest absolute Gasteiger partial charge is 0.404 e. The Labute approximate surface area is 161 Å². The number of benzene rings is 4. The molecule has 0 spiro atoms. The molecule has 5 aromatic rings. The Morgan fingerprint density at radius 1 is 0.750 bits per heavy atom. The normalized spacial score (nSPS) is 11.2. The molecular weight excluding hydrogens is 371 g/mol. The molecule has 4 aromatic carbocycles. The van der Waals surface area contributed by atoms with Crippen LogP contribution in [-0.2, 0) is 0 Å². The molecular formula is C22H17N2O3P. The second-order valence-electron chi connectivity index (χ2n) is 6.45. The van der Waals surface area contributed by atoms with Crippen molar-refractivity contribution in [2.45, 2.75) is 0 Å². The molecule has 0 saturated carbocycles. The van der Waals surface area contributed by atoms with Crippen LogP contribution in [0.25, 0.3) is 43.5 Å². The molecule has 0 aliphatic rings. The van der Waals surface area contributed by atoms with Crippen LogP contribution in [0.2, 0.25) is 0 Å². The lowest BCUT2D eigenvalue weighted by molar-refractivity contribution is 0.254. The fourth-order valence-corrected chi connectivity index (χ4v) is 4.62. The van der Waals surface area contributed by atoms with Crippen LogP contribution in [0.15, 0.2) is 81.2 Å². The summed E-state index contributed by atoms with van der Waals surface area (Å²) in [5, 5.41) is 11.7. The van der Waals surface area contributed by atoms with Crippen molar-refractivity contribution in [2.24, 2.45) is 0 Å². The third kappa shape index (κ3) is 2.68. The molecule has 0 fully saturated rings. The van der Waals surface area contributed by atoms with Crippen LogP contribution in [0.3, 0.4) is 0 Å². The third-order valence-corrected chi connectivity index (χ3v) is 5.92. The predicted molar refractivity (Wildman–Crippen MR) is 115 cm³/mol.